The van der Waals surface area contributed by atoms with Gasteiger partial charge in [-0.1, -0.05) is 23.2 Å². The Morgan fingerprint density at radius 3 is 2.88 bits per heavy atom. The van der Waals surface area contributed by atoms with Crippen molar-refractivity contribution in [1.29, 1.82) is 0 Å². The predicted octanol–water partition coefficient (Wildman–Crippen LogP) is 3.00. The van der Waals surface area contributed by atoms with Crippen LogP contribution in [0.2, 0.25) is 10.2 Å². The zero-order valence-electron chi connectivity index (χ0n) is 10.0. The van der Waals surface area contributed by atoms with E-state index in [9.17, 15) is 0 Å². The average molecular weight is 275 g/mol. The molecule has 1 aliphatic heterocycles. The molecule has 1 aromatic rings. The predicted molar refractivity (Wildman–Crippen MR) is 69.6 cm³/mol. The maximum Gasteiger partial charge on any atom is 0.129 e. The van der Waals surface area contributed by atoms with Crippen molar-refractivity contribution < 1.29 is 4.74 Å². The quantitative estimate of drug-likeness (QED) is 0.776. The summed E-state index contributed by atoms with van der Waals surface area (Å²) in [4.78, 5) is 6.55. The van der Waals surface area contributed by atoms with E-state index in [1.165, 1.54) is 0 Å². The van der Waals surface area contributed by atoms with Crippen molar-refractivity contribution in [1.82, 2.24) is 9.88 Å². The number of pyridine rings is 1. The molecule has 2 rings (SSSR count). The van der Waals surface area contributed by atoms with Crippen LogP contribution in [0.3, 0.4) is 0 Å². The lowest BCUT2D eigenvalue weighted by Gasteiger charge is -2.38. The second-order valence-electron chi connectivity index (χ2n) is 4.88. The van der Waals surface area contributed by atoms with Crippen molar-refractivity contribution in [3.05, 3.63) is 28.0 Å². The van der Waals surface area contributed by atoms with Gasteiger partial charge in [-0.15, -0.1) is 0 Å². The largest absolute Gasteiger partial charge is 0.373 e. The zero-order valence-corrected chi connectivity index (χ0v) is 11.6. The molecule has 0 unspecified atom stereocenters. The van der Waals surface area contributed by atoms with Gasteiger partial charge in [0.2, 0.25) is 0 Å². The van der Waals surface area contributed by atoms with E-state index in [2.05, 4.69) is 23.7 Å². The molecule has 1 fully saturated rings. The number of aromatic nitrogens is 1. The molecule has 3 nitrogen and oxygen atoms in total. The number of halogens is 2. The molecule has 1 saturated heterocycles. The van der Waals surface area contributed by atoms with Gasteiger partial charge >= 0.3 is 0 Å². The SMILES string of the molecule is CC1(C)CN(Cc2nc(Cl)ccc2Cl)CCO1. The van der Waals surface area contributed by atoms with Crippen molar-refractivity contribution in [2.45, 2.75) is 26.0 Å². The van der Waals surface area contributed by atoms with E-state index >= 15 is 0 Å². The number of nitrogens with zero attached hydrogens (tertiary/aromatic N) is 2. The number of ether oxygens (including phenoxy) is 1. The molecule has 2 heterocycles. The number of morpholine rings is 1. The molecule has 1 aliphatic rings. The van der Waals surface area contributed by atoms with Crippen molar-refractivity contribution in [2.24, 2.45) is 0 Å². The molecule has 94 valence electrons. The Bertz CT molecular complexity index is 409. The van der Waals surface area contributed by atoms with Gasteiger partial charge in [0.25, 0.3) is 0 Å². The van der Waals surface area contributed by atoms with Crippen molar-refractivity contribution in [3.8, 4) is 0 Å². The molecule has 0 N–H and O–H groups in total. The molecule has 0 saturated carbocycles. The number of rotatable bonds is 2. The van der Waals surface area contributed by atoms with E-state index < -0.39 is 0 Å². The first-order chi connectivity index (χ1) is 7.96. The summed E-state index contributed by atoms with van der Waals surface area (Å²) in [6.07, 6.45) is 0. The van der Waals surface area contributed by atoms with Crippen LogP contribution in [0, 0.1) is 0 Å². The zero-order chi connectivity index (χ0) is 12.5. The van der Waals surface area contributed by atoms with Crippen LogP contribution < -0.4 is 0 Å². The monoisotopic (exact) mass is 274 g/mol. The first-order valence-corrected chi connectivity index (χ1v) is 6.39. The van der Waals surface area contributed by atoms with Crippen LogP contribution in [0.1, 0.15) is 19.5 Å². The minimum Gasteiger partial charge on any atom is -0.373 e. The highest BCUT2D eigenvalue weighted by atomic mass is 35.5. The summed E-state index contributed by atoms with van der Waals surface area (Å²) in [6.45, 7) is 7.40. The van der Waals surface area contributed by atoms with Crippen LogP contribution in [0.25, 0.3) is 0 Å². The van der Waals surface area contributed by atoms with E-state index in [4.69, 9.17) is 27.9 Å². The van der Waals surface area contributed by atoms with Gasteiger partial charge in [0, 0.05) is 19.6 Å². The summed E-state index contributed by atoms with van der Waals surface area (Å²) in [7, 11) is 0. The normalized spacial score (nSPS) is 20.5. The Morgan fingerprint density at radius 2 is 2.18 bits per heavy atom. The van der Waals surface area contributed by atoms with E-state index in [-0.39, 0.29) is 5.60 Å². The Morgan fingerprint density at radius 1 is 1.41 bits per heavy atom. The lowest BCUT2D eigenvalue weighted by atomic mass is 10.1. The summed E-state index contributed by atoms with van der Waals surface area (Å²) >= 11 is 12.0. The molecule has 0 amide bonds. The highest BCUT2D eigenvalue weighted by Gasteiger charge is 2.27. The standard InChI is InChI=1S/C12H16Cl2N2O/c1-12(2)8-16(5-6-17-12)7-10-9(13)3-4-11(14)15-10/h3-4H,5-8H2,1-2H3. The smallest absolute Gasteiger partial charge is 0.129 e. The maximum atomic E-state index is 6.11. The van der Waals surface area contributed by atoms with Crippen molar-refractivity contribution >= 4 is 23.2 Å². The summed E-state index contributed by atoms with van der Waals surface area (Å²) in [5.41, 5.74) is 0.723. The van der Waals surface area contributed by atoms with Gasteiger partial charge in [-0.2, -0.15) is 0 Å². The minimum absolute atomic E-state index is 0.108. The van der Waals surface area contributed by atoms with Gasteiger partial charge in [0.1, 0.15) is 5.15 Å². The summed E-state index contributed by atoms with van der Waals surface area (Å²) in [5, 5.41) is 1.15. The first kappa shape index (κ1) is 13.1. The molecule has 0 atom stereocenters. The highest BCUT2D eigenvalue weighted by molar-refractivity contribution is 6.32. The molecule has 0 bridgehead atoms. The molecule has 0 aromatic carbocycles. The van der Waals surface area contributed by atoms with E-state index in [0.717, 1.165) is 25.4 Å². The van der Waals surface area contributed by atoms with Crippen molar-refractivity contribution in [3.63, 3.8) is 0 Å². The fourth-order valence-electron chi connectivity index (χ4n) is 2.03. The second kappa shape index (κ2) is 5.11. The summed E-state index contributed by atoms with van der Waals surface area (Å²) in [5.74, 6) is 0. The average Bonchev–Trinajstić information content (AvgIpc) is 2.22. The van der Waals surface area contributed by atoms with Crippen LogP contribution in [-0.4, -0.2) is 35.2 Å². The molecule has 0 aliphatic carbocycles. The van der Waals surface area contributed by atoms with E-state index in [1.54, 1.807) is 12.1 Å². The Balaban J connectivity index is 2.07. The number of hydrogen-bond acceptors (Lipinski definition) is 3. The van der Waals surface area contributed by atoms with Crippen LogP contribution in [0.15, 0.2) is 12.1 Å². The van der Waals surface area contributed by atoms with Gasteiger partial charge < -0.3 is 4.74 Å². The molecular weight excluding hydrogens is 259 g/mol. The van der Waals surface area contributed by atoms with Crippen molar-refractivity contribution in [2.75, 3.05) is 19.7 Å². The van der Waals surface area contributed by atoms with Gasteiger partial charge in [-0.05, 0) is 26.0 Å². The third-order valence-corrected chi connectivity index (χ3v) is 3.32. The molecule has 5 heteroatoms. The van der Waals surface area contributed by atoms with Crippen LogP contribution in [-0.2, 0) is 11.3 Å². The third-order valence-electron chi connectivity index (χ3n) is 2.76. The summed E-state index contributed by atoms with van der Waals surface area (Å²) < 4.78 is 5.67. The second-order valence-corrected chi connectivity index (χ2v) is 5.68. The summed E-state index contributed by atoms with van der Waals surface area (Å²) in [6, 6.07) is 3.49. The maximum absolute atomic E-state index is 6.11. The minimum atomic E-state index is -0.108. The Hall–Kier alpha value is -0.350. The first-order valence-electron chi connectivity index (χ1n) is 5.63. The lowest BCUT2D eigenvalue weighted by molar-refractivity contribution is -0.0885. The van der Waals surface area contributed by atoms with E-state index in [1.807, 2.05) is 0 Å². The fraction of sp³-hybridized carbons (Fsp3) is 0.583. The Kier molecular flexibility index (Phi) is 3.93. The van der Waals surface area contributed by atoms with Crippen LogP contribution in [0.4, 0.5) is 0 Å². The topological polar surface area (TPSA) is 25.4 Å². The van der Waals surface area contributed by atoms with Gasteiger partial charge in [-0.3, -0.25) is 4.90 Å². The molecule has 17 heavy (non-hydrogen) atoms. The van der Waals surface area contributed by atoms with E-state index in [0.29, 0.717) is 16.7 Å². The van der Waals surface area contributed by atoms with Crippen LogP contribution >= 0.6 is 23.2 Å². The molecule has 1 aromatic heterocycles. The van der Waals surface area contributed by atoms with Gasteiger partial charge in [0.15, 0.2) is 0 Å². The van der Waals surface area contributed by atoms with Crippen LogP contribution in [0.5, 0.6) is 0 Å². The third kappa shape index (κ3) is 3.55. The fourth-order valence-corrected chi connectivity index (χ4v) is 2.36. The number of hydrogen-bond donors (Lipinski definition) is 0. The highest BCUT2D eigenvalue weighted by Crippen LogP contribution is 2.22. The van der Waals surface area contributed by atoms with Gasteiger partial charge in [-0.25, -0.2) is 4.98 Å². The Labute approximate surface area is 112 Å². The lowest BCUT2D eigenvalue weighted by Crippen LogP contribution is -2.47. The molecule has 0 radical (unpaired) electrons. The molecular formula is C12H16Cl2N2O. The van der Waals surface area contributed by atoms with Gasteiger partial charge in [0.05, 0.1) is 22.9 Å². The molecule has 0 spiro atoms.